The smallest absolute Gasteiger partial charge is 0.178 e. The van der Waals surface area contributed by atoms with E-state index < -0.39 is 0 Å². The third kappa shape index (κ3) is 4.49. The minimum Gasteiger partial charge on any atom is -0.507 e. The second kappa shape index (κ2) is 8.36. The number of carbonyl (C=O) groups excluding carboxylic acids is 1. The maximum absolute atomic E-state index is 12.0. The summed E-state index contributed by atoms with van der Waals surface area (Å²) in [6, 6.07) is 10.5. The Kier molecular flexibility index (Phi) is 6.21. The van der Waals surface area contributed by atoms with Crippen LogP contribution in [0.4, 0.5) is 0 Å². The third-order valence-corrected chi connectivity index (χ3v) is 3.91. The van der Waals surface area contributed by atoms with Crippen LogP contribution in [0.5, 0.6) is 17.2 Å². The molecule has 0 saturated carbocycles. The summed E-state index contributed by atoms with van der Waals surface area (Å²) in [5, 5.41) is 9.45. The summed E-state index contributed by atoms with van der Waals surface area (Å²) in [5.41, 5.74) is 1.56. The number of rotatable bonds is 6. The van der Waals surface area contributed by atoms with Crippen LogP contribution in [-0.2, 0) is 4.79 Å². The van der Waals surface area contributed by atoms with Crippen molar-refractivity contribution in [2.45, 2.75) is 0 Å². The Morgan fingerprint density at radius 1 is 1.08 bits per heavy atom. The number of hydrogen-bond acceptors (Lipinski definition) is 4. The average molecular weight is 389 g/mol. The molecule has 0 atom stereocenters. The van der Waals surface area contributed by atoms with E-state index in [4.69, 9.17) is 9.47 Å². The lowest BCUT2D eigenvalue weighted by atomic mass is 10.1. The molecule has 0 aliphatic rings. The highest BCUT2D eigenvalue weighted by Crippen LogP contribution is 2.31. The lowest BCUT2D eigenvalue weighted by Crippen LogP contribution is -1.93. The van der Waals surface area contributed by atoms with Gasteiger partial charge in [-0.2, -0.15) is 0 Å². The van der Waals surface area contributed by atoms with Crippen LogP contribution in [0.25, 0.3) is 12.2 Å². The van der Waals surface area contributed by atoms with Crippen LogP contribution < -0.4 is 9.47 Å². The number of halogens is 1. The van der Waals surface area contributed by atoms with Crippen molar-refractivity contribution >= 4 is 33.9 Å². The Labute approximate surface area is 149 Å². The van der Waals surface area contributed by atoms with Crippen LogP contribution in [0.2, 0.25) is 0 Å². The van der Waals surface area contributed by atoms with Crippen molar-refractivity contribution in [3.8, 4) is 17.2 Å². The summed E-state index contributed by atoms with van der Waals surface area (Å²) < 4.78 is 11.1. The average Bonchev–Trinajstić information content (AvgIpc) is 2.60. The zero-order chi connectivity index (χ0) is 17.5. The summed E-state index contributed by atoms with van der Waals surface area (Å²) in [7, 11) is 3.12. The minimum absolute atomic E-state index is 0.156. The van der Waals surface area contributed by atoms with Gasteiger partial charge in [0, 0.05) is 5.56 Å². The van der Waals surface area contributed by atoms with Crippen LogP contribution in [0.15, 0.2) is 53.0 Å². The quantitative estimate of drug-likeness (QED) is 0.741. The molecule has 0 spiro atoms. The van der Waals surface area contributed by atoms with Crippen molar-refractivity contribution in [2.75, 3.05) is 14.2 Å². The molecule has 2 aromatic carbocycles. The molecule has 1 N–H and O–H groups in total. The second-order valence-corrected chi connectivity index (χ2v) is 5.72. The topological polar surface area (TPSA) is 55.8 Å². The molecule has 0 saturated heterocycles. The molecule has 0 fully saturated rings. The molecular weight excluding hydrogens is 372 g/mol. The first-order valence-corrected chi connectivity index (χ1v) is 7.94. The molecule has 0 bridgehead atoms. The molecule has 0 radical (unpaired) electrons. The van der Waals surface area contributed by atoms with E-state index in [0.717, 1.165) is 11.1 Å². The van der Waals surface area contributed by atoms with Gasteiger partial charge in [0.2, 0.25) is 0 Å². The first-order chi connectivity index (χ1) is 11.5. The monoisotopic (exact) mass is 388 g/mol. The Hall–Kier alpha value is -2.53. The largest absolute Gasteiger partial charge is 0.507 e. The highest BCUT2D eigenvalue weighted by atomic mass is 79.9. The van der Waals surface area contributed by atoms with Crippen LogP contribution in [0.1, 0.15) is 11.1 Å². The van der Waals surface area contributed by atoms with Crippen molar-refractivity contribution in [1.29, 1.82) is 0 Å². The van der Waals surface area contributed by atoms with E-state index in [1.54, 1.807) is 50.6 Å². The van der Waals surface area contributed by atoms with Gasteiger partial charge in [-0.1, -0.05) is 24.3 Å². The van der Waals surface area contributed by atoms with Gasteiger partial charge in [0.1, 0.15) is 5.75 Å². The third-order valence-electron chi connectivity index (χ3n) is 3.27. The van der Waals surface area contributed by atoms with Crippen LogP contribution >= 0.6 is 15.9 Å². The Morgan fingerprint density at radius 3 is 2.50 bits per heavy atom. The summed E-state index contributed by atoms with van der Waals surface area (Å²) in [6.45, 7) is 0. The van der Waals surface area contributed by atoms with Gasteiger partial charge in [-0.15, -0.1) is 0 Å². The number of methoxy groups -OCH3 is 2. The molecule has 0 heterocycles. The number of ether oxygens (including phenoxy) is 2. The van der Waals surface area contributed by atoms with Crippen LogP contribution in [0.3, 0.4) is 0 Å². The molecule has 5 heteroatoms. The van der Waals surface area contributed by atoms with Gasteiger partial charge in [-0.25, -0.2) is 0 Å². The predicted octanol–water partition coefficient (Wildman–Crippen LogP) is 4.47. The maximum atomic E-state index is 12.0. The van der Waals surface area contributed by atoms with Crippen LogP contribution in [-0.4, -0.2) is 25.1 Å². The van der Waals surface area contributed by atoms with E-state index in [2.05, 4.69) is 15.9 Å². The van der Waals surface area contributed by atoms with Gasteiger partial charge < -0.3 is 14.6 Å². The van der Waals surface area contributed by atoms with Gasteiger partial charge in [0.15, 0.2) is 17.3 Å². The first-order valence-electron chi connectivity index (χ1n) is 7.14. The molecule has 124 valence electrons. The van der Waals surface area contributed by atoms with Crippen molar-refractivity contribution in [2.24, 2.45) is 0 Å². The van der Waals surface area contributed by atoms with Gasteiger partial charge in [0.05, 0.1) is 18.7 Å². The van der Waals surface area contributed by atoms with Gasteiger partial charge in [-0.05, 0) is 57.9 Å². The lowest BCUT2D eigenvalue weighted by Gasteiger charge is -2.09. The fraction of sp³-hybridized carbons (Fsp3) is 0.105. The minimum atomic E-state index is -0.163. The predicted molar refractivity (Wildman–Crippen MR) is 98.4 cm³/mol. The summed E-state index contributed by atoms with van der Waals surface area (Å²) in [4.78, 5) is 12.0. The molecule has 4 nitrogen and oxygen atoms in total. The Morgan fingerprint density at radius 2 is 1.83 bits per heavy atom. The molecule has 2 aromatic rings. The van der Waals surface area contributed by atoms with Crippen molar-refractivity contribution in [1.82, 2.24) is 0 Å². The van der Waals surface area contributed by atoms with Gasteiger partial charge in [-0.3, -0.25) is 4.79 Å². The normalized spacial score (nSPS) is 11.1. The van der Waals surface area contributed by atoms with E-state index in [9.17, 15) is 9.90 Å². The Balaban J connectivity index is 2.13. The molecule has 0 unspecified atom stereocenters. The summed E-state index contributed by atoms with van der Waals surface area (Å²) in [6.07, 6.45) is 6.28. The molecule has 2 rings (SSSR count). The number of ketones is 1. The molecule has 0 aromatic heterocycles. The summed E-state index contributed by atoms with van der Waals surface area (Å²) >= 11 is 3.24. The van der Waals surface area contributed by atoms with E-state index in [-0.39, 0.29) is 11.5 Å². The van der Waals surface area contributed by atoms with Crippen molar-refractivity contribution < 1.29 is 19.4 Å². The highest BCUT2D eigenvalue weighted by molar-refractivity contribution is 9.10. The number of carbonyl (C=O) groups is 1. The number of hydrogen-bond donors (Lipinski definition) is 1. The van der Waals surface area contributed by atoms with Gasteiger partial charge in [0.25, 0.3) is 0 Å². The molecule has 0 amide bonds. The van der Waals surface area contributed by atoms with Crippen LogP contribution in [0, 0.1) is 0 Å². The SMILES string of the molecule is COc1cccc(/C=C/C(=O)/C=C/c2ccc(O)c(Br)c2)c1OC. The standard InChI is InChI=1S/C19H17BrO4/c1-23-18-5-3-4-14(19(18)24-2)8-10-15(21)9-6-13-7-11-17(22)16(20)12-13/h3-12,22H,1-2H3/b9-6+,10-8+. The van der Waals surface area contributed by atoms with E-state index in [1.165, 1.54) is 12.2 Å². The number of phenols is 1. The van der Waals surface area contributed by atoms with Gasteiger partial charge >= 0.3 is 0 Å². The molecule has 0 aliphatic carbocycles. The van der Waals surface area contributed by atoms with Crippen molar-refractivity contribution in [3.63, 3.8) is 0 Å². The molecular formula is C19H17BrO4. The number of aromatic hydroxyl groups is 1. The van der Waals surface area contributed by atoms with E-state index >= 15 is 0 Å². The number of phenolic OH excluding ortho intramolecular Hbond substituents is 1. The fourth-order valence-corrected chi connectivity index (χ4v) is 2.47. The molecule has 24 heavy (non-hydrogen) atoms. The lowest BCUT2D eigenvalue weighted by molar-refractivity contribution is -0.110. The van der Waals surface area contributed by atoms with Crippen molar-refractivity contribution in [3.05, 3.63) is 64.1 Å². The zero-order valence-electron chi connectivity index (χ0n) is 13.3. The Bertz CT molecular complexity index is 794. The summed E-state index contributed by atoms with van der Waals surface area (Å²) in [5.74, 6) is 1.18. The highest BCUT2D eigenvalue weighted by Gasteiger charge is 2.06. The number of benzene rings is 2. The number of para-hydroxylation sites is 1. The van der Waals surface area contributed by atoms with E-state index in [0.29, 0.717) is 16.0 Å². The number of allylic oxidation sites excluding steroid dienone is 2. The molecule has 0 aliphatic heterocycles. The maximum Gasteiger partial charge on any atom is 0.178 e. The van der Waals surface area contributed by atoms with E-state index in [1.807, 2.05) is 12.1 Å². The first kappa shape index (κ1) is 17.8. The fourth-order valence-electron chi connectivity index (χ4n) is 2.08. The second-order valence-electron chi connectivity index (χ2n) is 4.86. The zero-order valence-corrected chi connectivity index (χ0v) is 14.9.